The lowest BCUT2D eigenvalue weighted by Crippen LogP contribution is -2.38. The van der Waals surface area contributed by atoms with Gasteiger partial charge < -0.3 is 5.32 Å². The van der Waals surface area contributed by atoms with Gasteiger partial charge in [-0.05, 0) is 25.0 Å². The zero-order valence-electron chi connectivity index (χ0n) is 9.05. The summed E-state index contributed by atoms with van der Waals surface area (Å²) >= 11 is 9.14. The number of hydrogen-bond acceptors (Lipinski definition) is 1. The Hall–Kier alpha value is -0.610. The lowest BCUT2D eigenvalue weighted by Gasteiger charge is -2.16. The van der Waals surface area contributed by atoms with Crippen molar-refractivity contribution in [1.29, 1.82) is 0 Å². The van der Waals surface area contributed by atoms with E-state index in [2.05, 4.69) is 21.2 Å². The summed E-state index contributed by atoms with van der Waals surface area (Å²) in [5, 5.41) is 2.80. The minimum atomic E-state index is -0.657. The van der Waals surface area contributed by atoms with E-state index in [0.717, 1.165) is 19.3 Å². The van der Waals surface area contributed by atoms with Crippen LogP contribution in [-0.2, 0) is 0 Å². The number of nitrogens with one attached hydrogen (secondary N) is 1. The third kappa shape index (κ3) is 2.80. The van der Waals surface area contributed by atoms with Crippen LogP contribution in [0.2, 0.25) is 5.02 Å². The Labute approximate surface area is 113 Å². The summed E-state index contributed by atoms with van der Waals surface area (Å²) in [6.45, 7) is 0. The monoisotopic (exact) mass is 319 g/mol. The highest BCUT2D eigenvalue weighted by atomic mass is 79.9. The second-order valence-electron chi connectivity index (χ2n) is 4.13. The van der Waals surface area contributed by atoms with Crippen LogP contribution in [0.3, 0.4) is 0 Å². The molecule has 5 heteroatoms. The third-order valence-electron chi connectivity index (χ3n) is 2.94. The van der Waals surface area contributed by atoms with Gasteiger partial charge in [0.1, 0.15) is 0 Å². The molecule has 1 aliphatic rings. The molecule has 0 aromatic heterocycles. The number of halogens is 3. The van der Waals surface area contributed by atoms with Crippen molar-refractivity contribution in [2.75, 3.05) is 0 Å². The van der Waals surface area contributed by atoms with Crippen LogP contribution in [0.5, 0.6) is 0 Å². The summed E-state index contributed by atoms with van der Waals surface area (Å²) in [5.41, 5.74) is 0.00380. The molecule has 0 radical (unpaired) electrons. The number of benzene rings is 1. The molecule has 1 aliphatic carbocycles. The van der Waals surface area contributed by atoms with E-state index >= 15 is 0 Å². The van der Waals surface area contributed by atoms with Crippen LogP contribution in [0.25, 0.3) is 0 Å². The highest BCUT2D eigenvalue weighted by molar-refractivity contribution is 9.09. The fourth-order valence-electron chi connectivity index (χ4n) is 2.00. The van der Waals surface area contributed by atoms with Gasteiger partial charge in [-0.1, -0.05) is 40.0 Å². The lowest BCUT2D eigenvalue weighted by molar-refractivity contribution is 0.0935. The van der Waals surface area contributed by atoms with Gasteiger partial charge in [-0.25, -0.2) is 4.39 Å². The van der Waals surface area contributed by atoms with Crippen LogP contribution < -0.4 is 5.32 Å². The van der Waals surface area contributed by atoms with Gasteiger partial charge in [0, 0.05) is 10.9 Å². The van der Waals surface area contributed by atoms with E-state index in [9.17, 15) is 9.18 Å². The van der Waals surface area contributed by atoms with Crippen molar-refractivity contribution in [3.05, 3.63) is 34.6 Å². The summed E-state index contributed by atoms with van der Waals surface area (Å²) in [6, 6.07) is 4.51. The van der Waals surface area contributed by atoms with Gasteiger partial charge in [-0.15, -0.1) is 0 Å². The van der Waals surface area contributed by atoms with Gasteiger partial charge in [-0.3, -0.25) is 4.79 Å². The minimum absolute atomic E-state index is 0.00380. The molecule has 92 valence electrons. The van der Waals surface area contributed by atoms with Gasteiger partial charge in [0.25, 0.3) is 5.91 Å². The number of carbonyl (C=O) groups excluding carboxylic acids is 1. The summed E-state index contributed by atoms with van der Waals surface area (Å²) in [5.74, 6) is -1.06. The van der Waals surface area contributed by atoms with Crippen molar-refractivity contribution in [3.8, 4) is 0 Å². The second-order valence-corrected chi connectivity index (χ2v) is 5.71. The molecule has 2 atom stereocenters. The van der Waals surface area contributed by atoms with Crippen molar-refractivity contribution in [2.45, 2.75) is 30.1 Å². The first-order valence-corrected chi connectivity index (χ1v) is 6.78. The molecule has 0 saturated heterocycles. The Bertz CT molecular complexity index is 441. The number of amides is 1. The maximum atomic E-state index is 13.6. The molecule has 2 nitrogen and oxygen atoms in total. The first-order chi connectivity index (χ1) is 8.09. The van der Waals surface area contributed by atoms with Crippen LogP contribution >= 0.6 is 27.5 Å². The summed E-state index contributed by atoms with van der Waals surface area (Å²) < 4.78 is 13.6. The van der Waals surface area contributed by atoms with E-state index in [1.54, 1.807) is 6.07 Å². The van der Waals surface area contributed by atoms with Crippen LogP contribution in [0, 0.1) is 5.82 Å². The van der Waals surface area contributed by atoms with E-state index < -0.39 is 11.7 Å². The van der Waals surface area contributed by atoms with Gasteiger partial charge in [-0.2, -0.15) is 0 Å². The summed E-state index contributed by atoms with van der Waals surface area (Å²) in [7, 11) is 0. The maximum Gasteiger partial charge on any atom is 0.254 e. The average Bonchev–Trinajstić information content (AvgIpc) is 2.68. The SMILES string of the molecule is O=C(NC1CCCC1Br)c1cccc(Cl)c1F. The molecule has 0 heterocycles. The molecule has 2 rings (SSSR count). The van der Waals surface area contributed by atoms with Crippen molar-refractivity contribution in [1.82, 2.24) is 5.32 Å². The van der Waals surface area contributed by atoms with E-state index in [-0.39, 0.29) is 21.5 Å². The van der Waals surface area contributed by atoms with Gasteiger partial charge >= 0.3 is 0 Å². The zero-order valence-corrected chi connectivity index (χ0v) is 11.4. The van der Waals surface area contributed by atoms with Crippen molar-refractivity contribution < 1.29 is 9.18 Å². The van der Waals surface area contributed by atoms with E-state index in [0.29, 0.717) is 0 Å². The Morgan fingerprint density at radius 1 is 1.47 bits per heavy atom. The number of carbonyl (C=O) groups is 1. The molecule has 1 N–H and O–H groups in total. The largest absolute Gasteiger partial charge is 0.348 e. The number of hydrogen-bond donors (Lipinski definition) is 1. The molecule has 2 unspecified atom stereocenters. The van der Waals surface area contributed by atoms with Gasteiger partial charge in [0.2, 0.25) is 0 Å². The topological polar surface area (TPSA) is 29.1 Å². The molecule has 1 aromatic rings. The second kappa shape index (κ2) is 5.36. The molecule has 17 heavy (non-hydrogen) atoms. The molecule has 0 spiro atoms. The van der Waals surface area contributed by atoms with Gasteiger partial charge in [0.05, 0.1) is 10.6 Å². The predicted octanol–water partition coefficient (Wildman–Crippen LogP) is 3.52. The molecule has 0 bridgehead atoms. The Kier molecular flexibility index (Phi) is 4.05. The van der Waals surface area contributed by atoms with Crippen molar-refractivity contribution in [3.63, 3.8) is 0 Å². The fourth-order valence-corrected chi connectivity index (χ4v) is 2.90. The molecule has 1 fully saturated rings. The summed E-state index contributed by atoms with van der Waals surface area (Å²) in [6.07, 6.45) is 3.02. The van der Waals surface area contributed by atoms with Crippen molar-refractivity contribution >= 4 is 33.4 Å². The minimum Gasteiger partial charge on any atom is -0.348 e. The molecule has 1 amide bonds. The highest BCUT2D eigenvalue weighted by Crippen LogP contribution is 2.26. The van der Waals surface area contributed by atoms with Gasteiger partial charge in [0.15, 0.2) is 5.82 Å². The van der Waals surface area contributed by atoms with Crippen molar-refractivity contribution in [2.24, 2.45) is 0 Å². The third-order valence-corrected chi connectivity index (χ3v) is 4.33. The molecular formula is C12H12BrClFNO. The smallest absolute Gasteiger partial charge is 0.254 e. The summed E-state index contributed by atoms with van der Waals surface area (Å²) in [4.78, 5) is 12.2. The standard InChI is InChI=1S/C12H12BrClFNO/c13-8-4-2-6-10(8)16-12(17)7-3-1-5-9(14)11(7)15/h1,3,5,8,10H,2,4,6H2,(H,16,17). The molecule has 1 aromatic carbocycles. The quantitative estimate of drug-likeness (QED) is 0.830. The first kappa shape index (κ1) is 12.8. The van der Waals surface area contributed by atoms with Crippen LogP contribution in [0.15, 0.2) is 18.2 Å². The van der Waals surface area contributed by atoms with Crippen LogP contribution in [0.1, 0.15) is 29.6 Å². The molecular weight excluding hydrogens is 308 g/mol. The predicted molar refractivity (Wildman–Crippen MR) is 69.2 cm³/mol. The normalized spacial score (nSPS) is 23.7. The van der Waals surface area contributed by atoms with E-state index in [4.69, 9.17) is 11.6 Å². The molecule has 0 aliphatic heterocycles. The van der Waals surface area contributed by atoms with Crippen LogP contribution in [0.4, 0.5) is 4.39 Å². The van der Waals surface area contributed by atoms with E-state index in [1.165, 1.54) is 12.1 Å². The fraction of sp³-hybridized carbons (Fsp3) is 0.417. The average molecular weight is 321 g/mol. The van der Waals surface area contributed by atoms with Crippen LogP contribution in [-0.4, -0.2) is 16.8 Å². The maximum absolute atomic E-state index is 13.6. The Morgan fingerprint density at radius 3 is 2.88 bits per heavy atom. The zero-order chi connectivity index (χ0) is 12.4. The van der Waals surface area contributed by atoms with E-state index in [1.807, 2.05) is 0 Å². The lowest BCUT2D eigenvalue weighted by atomic mass is 10.1. The molecule has 1 saturated carbocycles. The Balaban J connectivity index is 2.12. The number of rotatable bonds is 2. The first-order valence-electron chi connectivity index (χ1n) is 5.48. The number of alkyl halides is 1. The Morgan fingerprint density at radius 2 is 2.24 bits per heavy atom. The highest BCUT2D eigenvalue weighted by Gasteiger charge is 2.27.